The standard InChI is InChI=1S/C14H11FN2O5S/c1-9-3-2-4-10(5-9)14(18)16-23(21,22)13-7-11(15)6-12(8-13)17(19)20/h2-8H,1H3,(H,16,18). The van der Waals surface area contributed by atoms with Gasteiger partial charge in [-0.15, -0.1) is 0 Å². The van der Waals surface area contributed by atoms with Crippen molar-refractivity contribution in [2.75, 3.05) is 0 Å². The number of nitro benzene ring substituents is 1. The molecule has 7 nitrogen and oxygen atoms in total. The topological polar surface area (TPSA) is 106 Å². The fourth-order valence-electron chi connectivity index (χ4n) is 1.83. The maximum atomic E-state index is 13.4. The lowest BCUT2D eigenvalue weighted by molar-refractivity contribution is -0.385. The molecule has 0 saturated carbocycles. The molecule has 0 aliphatic carbocycles. The molecule has 0 bridgehead atoms. The summed E-state index contributed by atoms with van der Waals surface area (Å²) in [6, 6.07) is 8.03. The molecule has 0 fully saturated rings. The molecule has 0 spiro atoms. The Bertz CT molecular complexity index is 896. The van der Waals surface area contributed by atoms with Crippen molar-refractivity contribution in [1.29, 1.82) is 0 Å². The van der Waals surface area contributed by atoms with Gasteiger partial charge in [0.1, 0.15) is 5.82 Å². The van der Waals surface area contributed by atoms with Gasteiger partial charge in [-0.2, -0.15) is 0 Å². The number of non-ortho nitro benzene ring substituents is 1. The number of aryl methyl sites for hydroxylation is 1. The molecule has 0 radical (unpaired) electrons. The van der Waals surface area contributed by atoms with E-state index in [1.54, 1.807) is 23.8 Å². The van der Waals surface area contributed by atoms with Gasteiger partial charge in [-0.3, -0.25) is 14.9 Å². The summed E-state index contributed by atoms with van der Waals surface area (Å²) in [5.74, 6) is -2.01. The van der Waals surface area contributed by atoms with Gasteiger partial charge >= 0.3 is 0 Å². The first-order chi connectivity index (χ1) is 10.7. The molecule has 0 unspecified atom stereocenters. The molecule has 0 aliphatic rings. The molecule has 0 aromatic heterocycles. The molecule has 120 valence electrons. The van der Waals surface area contributed by atoms with Crippen molar-refractivity contribution in [2.45, 2.75) is 11.8 Å². The summed E-state index contributed by atoms with van der Waals surface area (Å²) in [6.45, 7) is 1.72. The fraction of sp³-hybridized carbons (Fsp3) is 0.0714. The Labute approximate surface area is 131 Å². The Hall–Kier alpha value is -2.81. The average Bonchev–Trinajstić information content (AvgIpc) is 2.46. The number of amides is 1. The lowest BCUT2D eigenvalue weighted by Crippen LogP contribution is -2.30. The van der Waals surface area contributed by atoms with Gasteiger partial charge in [-0.05, 0) is 25.1 Å². The van der Waals surface area contributed by atoms with Gasteiger partial charge in [0.2, 0.25) is 0 Å². The van der Waals surface area contributed by atoms with Crippen LogP contribution in [0, 0.1) is 22.9 Å². The molecule has 0 atom stereocenters. The minimum atomic E-state index is -4.44. The van der Waals surface area contributed by atoms with E-state index in [0.29, 0.717) is 18.2 Å². The van der Waals surface area contributed by atoms with E-state index in [1.165, 1.54) is 12.1 Å². The molecule has 2 rings (SSSR count). The van der Waals surface area contributed by atoms with Gasteiger partial charge in [0, 0.05) is 11.6 Å². The zero-order valence-corrected chi connectivity index (χ0v) is 12.6. The maximum Gasteiger partial charge on any atom is 0.273 e. The van der Waals surface area contributed by atoms with Gasteiger partial charge in [-0.25, -0.2) is 17.5 Å². The minimum Gasteiger partial charge on any atom is -0.268 e. The second-order valence-electron chi connectivity index (χ2n) is 4.71. The molecule has 0 heterocycles. The highest BCUT2D eigenvalue weighted by Crippen LogP contribution is 2.20. The quantitative estimate of drug-likeness (QED) is 0.679. The summed E-state index contributed by atoms with van der Waals surface area (Å²) in [5.41, 5.74) is 0.115. The minimum absolute atomic E-state index is 0.0967. The highest BCUT2D eigenvalue weighted by atomic mass is 32.2. The Morgan fingerprint density at radius 3 is 2.52 bits per heavy atom. The molecule has 9 heteroatoms. The summed E-state index contributed by atoms with van der Waals surface area (Å²) < 4.78 is 39.3. The van der Waals surface area contributed by atoms with Crippen LogP contribution in [0.3, 0.4) is 0 Å². The molecule has 0 aliphatic heterocycles. The number of nitro groups is 1. The highest BCUT2D eigenvalue weighted by molar-refractivity contribution is 7.90. The highest BCUT2D eigenvalue weighted by Gasteiger charge is 2.22. The Balaban J connectivity index is 2.36. The lowest BCUT2D eigenvalue weighted by atomic mass is 10.1. The number of hydrogen-bond acceptors (Lipinski definition) is 5. The fourth-order valence-corrected chi connectivity index (χ4v) is 2.86. The van der Waals surface area contributed by atoms with Crippen LogP contribution in [0.5, 0.6) is 0 Å². The summed E-state index contributed by atoms with van der Waals surface area (Å²) in [7, 11) is -4.44. The number of benzene rings is 2. The number of carbonyl (C=O) groups excluding carboxylic acids is 1. The Morgan fingerprint density at radius 2 is 1.91 bits per heavy atom. The normalized spacial score (nSPS) is 11.0. The second kappa shape index (κ2) is 6.13. The first-order valence-electron chi connectivity index (χ1n) is 6.28. The predicted octanol–water partition coefficient (Wildman–Crippen LogP) is 2.16. The van der Waals surface area contributed by atoms with Crippen molar-refractivity contribution in [3.63, 3.8) is 0 Å². The summed E-state index contributed by atoms with van der Waals surface area (Å²) >= 11 is 0. The van der Waals surface area contributed by atoms with E-state index in [9.17, 15) is 27.7 Å². The van der Waals surface area contributed by atoms with Crippen LogP contribution >= 0.6 is 0 Å². The van der Waals surface area contributed by atoms with Crippen LogP contribution in [0.1, 0.15) is 15.9 Å². The van der Waals surface area contributed by atoms with Crippen LogP contribution < -0.4 is 4.72 Å². The van der Waals surface area contributed by atoms with E-state index in [0.717, 1.165) is 5.56 Å². The van der Waals surface area contributed by atoms with Crippen molar-refractivity contribution in [3.05, 3.63) is 69.5 Å². The predicted molar refractivity (Wildman–Crippen MR) is 78.9 cm³/mol. The van der Waals surface area contributed by atoms with Crippen LogP contribution in [-0.4, -0.2) is 19.2 Å². The van der Waals surface area contributed by atoms with Crippen molar-refractivity contribution in [1.82, 2.24) is 4.72 Å². The molecular weight excluding hydrogens is 327 g/mol. The number of sulfonamides is 1. The van der Waals surface area contributed by atoms with E-state index in [4.69, 9.17) is 0 Å². The first kappa shape index (κ1) is 16.6. The van der Waals surface area contributed by atoms with E-state index in [1.807, 2.05) is 0 Å². The van der Waals surface area contributed by atoms with Crippen molar-refractivity contribution < 1.29 is 22.5 Å². The smallest absolute Gasteiger partial charge is 0.268 e. The number of carbonyl (C=O) groups is 1. The molecule has 0 saturated heterocycles. The molecule has 2 aromatic rings. The second-order valence-corrected chi connectivity index (χ2v) is 6.39. The number of nitrogens with one attached hydrogen (secondary N) is 1. The van der Waals surface area contributed by atoms with Crippen molar-refractivity contribution in [3.8, 4) is 0 Å². The molecule has 1 N–H and O–H groups in total. The lowest BCUT2D eigenvalue weighted by Gasteiger charge is -2.07. The van der Waals surface area contributed by atoms with Gasteiger partial charge in [0.05, 0.1) is 15.9 Å². The van der Waals surface area contributed by atoms with Crippen molar-refractivity contribution >= 4 is 21.6 Å². The van der Waals surface area contributed by atoms with Crippen LogP contribution in [0.25, 0.3) is 0 Å². The van der Waals surface area contributed by atoms with Crippen LogP contribution in [0.15, 0.2) is 47.4 Å². The number of hydrogen-bond donors (Lipinski definition) is 1. The van der Waals surface area contributed by atoms with Gasteiger partial charge < -0.3 is 0 Å². The molecule has 23 heavy (non-hydrogen) atoms. The van der Waals surface area contributed by atoms with Gasteiger partial charge in [0.15, 0.2) is 0 Å². The largest absolute Gasteiger partial charge is 0.273 e. The van der Waals surface area contributed by atoms with E-state index in [2.05, 4.69) is 0 Å². The zero-order valence-electron chi connectivity index (χ0n) is 11.8. The Kier molecular flexibility index (Phi) is 4.41. The van der Waals surface area contributed by atoms with Gasteiger partial charge in [-0.1, -0.05) is 17.7 Å². The van der Waals surface area contributed by atoms with Crippen LogP contribution in [0.2, 0.25) is 0 Å². The average molecular weight is 338 g/mol. The Morgan fingerprint density at radius 1 is 1.22 bits per heavy atom. The molecular formula is C14H11FN2O5S. The van der Waals surface area contributed by atoms with E-state index in [-0.39, 0.29) is 5.56 Å². The third-order valence-electron chi connectivity index (χ3n) is 2.88. The SMILES string of the molecule is Cc1cccc(C(=O)NS(=O)(=O)c2cc(F)cc([N+](=O)[O-])c2)c1. The number of halogens is 1. The van der Waals surface area contributed by atoms with Gasteiger partial charge in [0.25, 0.3) is 21.6 Å². The zero-order chi connectivity index (χ0) is 17.2. The monoisotopic (exact) mass is 338 g/mol. The summed E-state index contributed by atoms with van der Waals surface area (Å²) in [4.78, 5) is 21.0. The third-order valence-corrected chi connectivity index (χ3v) is 4.19. The summed E-state index contributed by atoms with van der Waals surface area (Å²) in [5, 5.41) is 10.7. The van der Waals surface area contributed by atoms with Crippen LogP contribution in [0.4, 0.5) is 10.1 Å². The summed E-state index contributed by atoms with van der Waals surface area (Å²) in [6.07, 6.45) is 0. The van der Waals surface area contributed by atoms with E-state index >= 15 is 0 Å². The number of nitrogens with zero attached hydrogens (tertiary/aromatic N) is 1. The number of rotatable bonds is 4. The molecule has 1 amide bonds. The van der Waals surface area contributed by atoms with Crippen LogP contribution in [-0.2, 0) is 10.0 Å². The first-order valence-corrected chi connectivity index (χ1v) is 7.76. The molecule has 2 aromatic carbocycles. The van der Waals surface area contributed by atoms with Crippen molar-refractivity contribution in [2.24, 2.45) is 0 Å². The third kappa shape index (κ3) is 3.89. The maximum absolute atomic E-state index is 13.4. The van der Waals surface area contributed by atoms with E-state index < -0.39 is 37.3 Å².